The Bertz CT molecular complexity index is 514. The van der Waals surface area contributed by atoms with Gasteiger partial charge in [-0.2, -0.15) is 0 Å². The van der Waals surface area contributed by atoms with Gasteiger partial charge in [0, 0.05) is 11.7 Å². The fourth-order valence-electron chi connectivity index (χ4n) is 1.55. The SMILES string of the molecule is COC(=O)c1cc(N)ccc1OCC(=O)NC(C)C(C)C. The number of rotatable bonds is 6. The fourth-order valence-corrected chi connectivity index (χ4v) is 1.55. The highest BCUT2D eigenvalue weighted by Gasteiger charge is 2.16. The predicted octanol–water partition coefficient (Wildman–Crippen LogP) is 1.59. The quantitative estimate of drug-likeness (QED) is 0.614. The van der Waals surface area contributed by atoms with Crippen LogP contribution in [0.4, 0.5) is 5.69 Å². The van der Waals surface area contributed by atoms with E-state index >= 15 is 0 Å². The lowest BCUT2D eigenvalue weighted by Crippen LogP contribution is -2.39. The molecule has 1 aromatic carbocycles. The molecule has 0 bridgehead atoms. The molecule has 1 unspecified atom stereocenters. The van der Waals surface area contributed by atoms with Crippen LogP contribution in [0, 0.1) is 5.92 Å². The predicted molar refractivity (Wildman–Crippen MR) is 80.1 cm³/mol. The largest absolute Gasteiger partial charge is 0.483 e. The molecule has 0 aliphatic carbocycles. The highest BCUT2D eigenvalue weighted by Crippen LogP contribution is 2.22. The van der Waals surface area contributed by atoms with Gasteiger partial charge in [-0.15, -0.1) is 0 Å². The average molecular weight is 294 g/mol. The highest BCUT2D eigenvalue weighted by molar-refractivity contribution is 5.93. The Balaban J connectivity index is 2.71. The average Bonchev–Trinajstić information content (AvgIpc) is 2.44. The van der Waals surface area contributed by atoms with Crippen molar-refractivity contribution >= 4 is 17.6 Å². The number of carbonyl (C=O) groups excluding carboxylic acids is 2. The lowest BCUT2D eigenvalue weighted by Gasteiger charge is -2.18. The van der Waals surface area contributed by atoms with Gasteiger partial charge in [-0.25, -0.2) is 4.79 Å². The molecule has 0 aliphatic rings. The number of methoxy groups -OCH3 is 1. The van der Waals surface area contributed by atoms with Crippen molar-refractivity contribution in [1.29, 1.82) is 0 Å². The minimum atomic E-state index is -0.562. The van der Waals surface area contributed by atoms with Crippen molar-refractivity contribution in [2.75, 3.05) is 19.5 Å². The van der Waals surface area contributed by atoms with Crippen LogP contribution in [-0.4, -0.2) is 31.6 Å². The minimum Gasteiger partial charge on any atom is -0.483 e. The molecule has 0 fully saturated rings. The zero-order valence-corrected chi connectivity index (χ0v) is 12.8. The van der Waals surface area contributed by atoms with Gasteiger partial charge in [0.25, 0.3) is 5.91 Å². The maximum Gasteiger partial charge on any atom is 0.341 e. The summed E-state index contributed by atoms with van der Waals surface area (Å²) in [4.78, 5) is 23.4. The summed E-state index contributed by atoms with van der Waals surface area (Å²) in [5.74, 6) is -0.211. The van der Waals surface area contributed by atoms with Gasteiger partial charge >= 0.3 is 5.97 Å². The minimum absolute atomic E-state index is 0.0487. The molecule has 0 saturated heterocycles. The normalized spacial score (nSPS) is 11.9. The van der Waals surface area contributed by atoms with Crippen molar-refractivity contribution in [2.45, 2.75) is 26.8 Å². The molecule has 21 heavy (non-hydrogen) atoms. The summed E-state index contributed by atoms with van der Waals surface area (Å²) in [6.45, 7) is 5.78. The van der Waals surface area contributed by atoms with Gasteiger partial charge in [0.2, 0.25) is 0 Å². The standard InChI is InChI=1S/C15H22N2O4/c1-9(2)10(3)17-14(18)8-21-13-6-5-11(16)7-12(13)15(19)20-4/h5-7,9-10H,8,16H2,1-4H3,(H,17,18). The molecule has 116 valence electrons. The Kier molecular flexibility index (Phi) is 6.02. The van der Waals surface area contributed by atoms with Crippen LogP contribution in [0.5, 0.6) is 5.75 Å². The van der Waals surface area contributed by atoms with Crippen molar-refractivity contribution < 1.29 is 19.1 Å². The number of carbonyl (C=O) groups is 2. The second kappa shape index (κ2) is 7.52. The van der Waals surface area contributed by atoms with Gasteiger partial charge in [0.15, 0.2) is 6.61 Å². The molecular weight excluding hydrogens is 272 g/mol. The van der Waals surface area contributed by atoms with E-state index in [0.717, 1.165) is 0 Å². The van der Waals surface area contributed by atoms with Gasteiger partial charge in [-0.1, -0.05) is 13.8 Å². The van der Waals surface area contributed by atoms with E-state index in [1.807, 2.05) is 20.8 Å². The lowest BCUT2D eigenvalue weighted by molar-refractivity contribution is -0.124. The van der Waals surface area contributed by atoms with E-state index in [9.17, 15) is 9.59 Å². The summed E-state index contributed by atoms with van der Waals surface area (Å²) in [5, 5.41) is 2.82. The number of nitrogens with two attached hydrogens (primary N) is 1. The van der Waals surface area contributed by atoms with Crippen molar-refractivity contribution in [3.63, 3.8) is 0 Å². The van der Waals surface area contributed by atoms with E-state index in [0.29, 0.717) is 11.6 Å². The molecular formula is C15H22N2O4. The summed E-state index contributed by atoms with van der Waals surface area (Å²) < 4.78 is 10.0. The first kappa shape index (κ1) is 16.8. The Morgan fingerprint density at radius 3 is 2.52 bits per heavy atom. The monoisotopic (exact) mass is 294 g/mol. The molecule has 0 aliphatic heterocycles. The molecule has 3 N–H and O–H groups in total. The van der Waals surface area contributed by atoms with Crippen molar-refractivity contribution in [1.82, 2.24) is 5.32 Å². The Hall–Kier alpha value is -2.24. The Labute approximate surface area is 124 Å². The first-order valence-corrected chi connectivity index (χ1v) is 6.75. The molecule has 1 rings (SSSR count). The van der Waals surface area contributed by atoms with Crippen LogP contribution in [0.2, 0.25) is 0 Å². The lowest BCUT2D eigenvalue weighted by atomic mass is 10.1. The molecule has 6 nitrogen and oxygen atoms in total. The van der Waals surface area contributed by atoms with Crippen molar-refractivity contribution in [2.24, 2.45) is 5.92 Å². The summed E-state index contributed by atoms with van der Waals surface area (Å²) in [6, 6.07) is 4.64. The maximum absolute atomic E-state index is 11.8. The third kappa shape index (κ3) is 4.98. The molecule has 1 amide bonds. The van der Waals surface area contributed by atoms with Gasteiger partial charge in [-0.3, -0.25) is 4.79 Å². The number of nitrogen functional groups attached to an aromatic ring is 1. The Morgan fingerprint density at radius 1 is 1.29 bits per heavy atom. The summed E-state index contributed by atoms with van der Waals surface area (Å²) in [7, 11) is 1.27. The molecule has 0 radical (unpaired) electrons. The number of amides is 1. The van der Waals surface area contributed by atoms with Crippen LogP contribution in [0.1, 0.15) is 31.1 Å². The van der Waals surface area contributed by atoms with E-state index in [4.69, 9.17) is 10.5 Å². The molecule has 1 atom stereocenters. The first-order valence-electron chi connectivity index (χ1n) is 6.75. The number of anilines is 1. The van der Waals surface area contributed by atoms with Crippen LogP contribution >= 0.6 is 0 Å². The number of benzene rings is 1. The first-order chi connectivity index (χ1) is 9.85. The third-order valence-electron chi connectivity index (χ3n) is 3.16. The molecule has 1 aromatic rings. The highest BCUT2D eigenvalue weighted by atomic mass is 16.5. The number of ether oxygens (including phenoxy) is 2. The van der Waals surface area contributed by atoms with E-state index in [1.54, 1.807) is 12.1 Å². The van der Waals surface area contributed by atoms with E-state index < -0.39 is 5.97 Å². The molecule has 0 aromatic heterocycles. The summed E-state index contributed by atoms with van der Waals surface area (Å²) in [6.07, 6.45) is 0. The maximum atomic E-state index is 11.8. The van der Waals surface area contributed by atoms with Crippen LogP contribution in [0.15, 0.2) is 18.2 Å². The summed E-state index contributed by atoms with van der Waals surface area (Å²) >= 11 is 0. The van der Waals surface area contributed by atoms with E-state index in [-0.39, 0.29) is 29.9 Å². The van der Waals surface area contributed by atoms with Gasteiger partial charge in [0.1, 0.15) is 11.3 Å². The van der Waals surface area contributed by atoms with Crippen molar-refractivity contribution in [3.05, 3.63) is 23.8 Å². The van der Waals surface area contributed by atoms with Crippen LogP contribution < -0.4 is 15.8 Å². The Morgan fingerprint density at radius 2 is 1.95 bits per heavy atom. The second-order valence-corrected chi connectivity index (χ2v) is 5.14. The van der Waals surface area contributed by atoms with Gasteiger partial charge in [-0.05, 0) is 31.0 Å². The zero-order chi connectivity index (χ0) is 16.0. The number of esters is 1. The topological polar surface area (TPSA) is 90.7 Å². The molecule has 0 heterocycles. The molecule has 0 saturated carbocycles. The van der Waals surface area contributed by atoms with Crippen molar-refractivity contribution in [3.8, 4) is 5.75 Å². The molecule has 0 spiro atoms. The van der Waals surface area contributed by atoms with Gasteiger partial charge in [0.05, 0.1) is 7.11 Å². The van der Waals surface area contributed by atoms with E-state index in [2.05, 4.69) is 10.1 Å². The zero-order valence-electron chi connectivity index (χ0n) is 12.8. The number of hydrogen-bond acceptors (Lipinski definition) is 5. The fraction of sp³-hybridized carbons (Fsp3) is 0.467. The number of nitrogens with one attached hydrogen (secondary N) is 1. The van der Waals surface area contributed by atoms with Crippen LogP contribution in [0.3, 0.4) is 0 Å². The number of hydrogen-bond donors (Lipinski definition) is 2. The smallest absolute Gasteiger partial charge is 0.341 e. The van der Waals surface area contributed by atoms with E-state index in [1.165, 1.54) is 13.2 Å². The summed E-state index contributed by atoms with van der Waals surface area (Å²) in [5.41, 5.74) is 6.25. The second-order valence-electron chi connectivity index (χ2n) is 5.14. The van der Waals surface area contributed by atoms with Crippen LogP contribution in [0.25, 0.3) is 0 Å². The third-order valence-corrected chi connectivity index (χ3v) is 3.16. The van der Waals surface area contributed by atoms with Crippen LogP contribution in [-0.2, 0) is 9.53 Å². The molecule has 6 heteroatoms. The van der Waals surface area contributed by atoms with Gasteiger partial charge < -0.3 is 20.5 Å².